The van der Waals surface area contributed by atoms with Gasteiger partial charge in [0.05, 0.1) is 22.7 Å². The third kappa shape index (κ3) is 3.61. The highest BCUT2D eigenvalue weighted by molar-refractivity contribution is 7.98. The molecule has 0 spiro atoms. The van der Waals surface area contributed by atoms with Gasteiger partial charge in [-0.05, 0) is 23.8 Å². The van der Waals surface area contributed by atoms with Crippen LogP contribution in [0.2, 0.25) is 5.02 Å². The maximum absolute atomic E-state index is 11.9. The minimum atomic E-state index is -0.474. The Balaban J connectivity index is 1.72. The number of imidazole rings is 1. The van der Waals surface area contributed by atoms with Crippen LogP contribution in [0.4, 0.5) is 0 Å². The lowest BCUT2D eigenvalue weighted by Gasteiger charge is -2.09. The minimum Gasteiger partial charge on any atom is -0.506 e. The lowest BCUT2D eigenvalue weighted by atomic mass is 10.1. The van der Waals surface area contributed by atoms with Crippen molar-refractivity contribution in [2.45, 2.75) is 17.5 Å². The third-order valence-electron chi connectivity index (χ3n) is 4.39. The topological polar surface area (TPSA) is 77.5 Å². The van der Waals surface area contributed by atoms with Crippen LogP contribution in [0.25, 0.3) is 22.0 Å². The van der Waals surface area contributed by atoms with Crippen molar-refractivity contribution in [3.63, 3.8) is 0 Å². The van der Waals surface area contributed by atoms with Gasteiger partial charge in [0.1, 0.15) is 11.3 Å². The van der Waals surface area contributed by atoms with Crippen LogP contribution in [0.3, 0.4) is 0 Å². The predicted octanol–water partition coefficient (Wildman–Crippen LogP) is 4.44. The zero-order valence-corrected chi connectivity index (χ0v) is 16.6. The van der Waals surface area contributed by atoms with Gasteiger partial charge in [0.2, 0.25) is 0 Å². The molecule has 0 radical (unpaired) electrons. The summed E-state index contributed by atoms with van der Waals surface area (Å²) in [5, 5.41) is 11.5. The Morgan fingerprint density at radius 2 is 2.11 bits per heavy atom. The van der Waals surface area contributed by atoms with Crippen molar-refractivity contribution < 1.29 is 14.3 Å². The summed E-state index contributed by atoms with van der Waals surface area (Å²) >= 11 is 7.57. The minimum absolute atomic E-state index is 0.122. The van der Waals surface area contributed by atoms with Crippen LogP contribution in [0.5, 0.6) is 5.75 Å². The van der Waals surface area contributed by atoms with Crippen LogP contribution in [-0.2, 0) is 17.0 Å². The van der Waals surface area contributed by atoms with Gasteiger partial charge in [-0.3, -0.25) is 0 Å². The summed E-state index contributed by atoms with van der Waals surface area (Å²) in [6.45, 7) is 1.25. The van der Waals surface area contributed by atoms with Crippen molar-refractivity contribution >= 4 is 45.4 Å². The van der Waals surface area contributed by atoms with Gasteiger partial charge in [0.25, 0.3) is 0 Å². The van der Waals surface area contributed by atoms with Gasteiger partial charge < -0.3 is 18.8 Å². The summed E-state index contributed by atoms with van der Waals surface area (Å²) in [6, 6.07) is 12.3. The molecule has 0 saturated heterocycles. The summed E-state index contributed by atoms with van der Waals surface area (Å²) in [5.74, 6) is 0.378. The normalized spacial score (nSPS) is 11.5. The first-order valence-corrected chi connectivity index (χ1v) is 9.95. The molecule has 0 atom stereocenters. The van der Waals surface area contributed by atoms with E-state index in [1.54, 1.807) is 13.2 Å². The monoisotopic (exact) mass is 416 g/mol. The zero-order chi connectivity index (χ0) is 19.7. The van der Waals surface area contributed by atoms with E-state index in [1.807, 2.05) is 24.3 Å². The fraction of sp³-hybridized carbons (Fsp3) is 0.200. The fourth-order valence-corrected chi connectivity index (χ4v) is 4.26. The smallest absolute Gasteiger partial charge is 0.336 e. The largest absolute Gasteiger partial charge is 0.506 e. The number of phenols is 1. The van der Waals surface area contributed by atoms with Crippen molar-refractivity contribution in [1.29, 1.82) is 0 Å². The number of hydrogen-bond acceptors (Lipinski definition) is 6. The van der Waals surface area contributed by atoms with Crippen molar-refractivity contribution in [3.05, 3.63) is 63.5 Å². The number of aromatic hydroxyl groups is 1. The van der Waals surface area contributed by atoms with Gasteiger partial charge in [-0.25, -0.2) is 9.78 Å². The molecule has 0 saturated carbocycles. The predicted molar refractivity (Wildman–Crippen MR) is 110 cm³/mol. The number of methoxy groups -OCH3 is 1. The first-order valence-electron chi connectivity index (χ1n) is 8.59. The van der Waals surface area contributed by atoms with E-state index in [9.17, 15) is 9.90 Å². The van der Waals surface area contributed by atoms with E-state index in [0.29, 0.717) is 29.9 Å². The van der Waals surface area contributed by atoms with E-state index in [4.69, 9.17) is 25.7 Å². The molecule has 6 nitrogen and oxygen atoms in total. The molecule has 0 amide bonds. The van der Waals surface area contributed by atoms with Crippen LogP contribution < -0.4 is 5.63 Å². The number of rotatable bonds is 6. The number of ether oxygens (including phenoxy) is 1. The van der Waals surface area contributed by atoms with E-state index in [0.717, 1.165) is 21.8 Å². The Kier molecular flexibility index (Phi) is 5.30. The molecule has 0 aliphatic heterocycles. The number of thioether (sulfide) groups is 1. The standard InChI is InChI=1S/C20H17ClN2O4S/c1-26-7-6-23-16-5-3-2-4-15(16)22-20(23)28-11-12-8-19(25)27-18-10-17(24)14(21)9-13(12)18/h2-5,8-10,24H,6-7,11H2,1H3. The Morgan fingerprint density at radius 3 is 2.93 bits per heavy atom. The molecule has 2 heterocycles. The van der Waals surface area contributed by atoms with Crippen molar-refractivity contribution in [2.75, 3.05) is 13.7 Å². The quantitative estimate of drug-likeness (QED) is 0.370. The maximum Gasteiger partial charge on any atom is 0.336 e. The molecule has 0 unspecified atom stereocenters. The van der Waals surface area contributed by atoms with E-state index in [1.165, 1.54) is 23.9 Å². The average Bonchev–Trinajstić information content (AvgIpc) is 3.03. The molecule has 0 bridgehead atoms. The van der Waals surface area contributed by atoms with Crippen LogP contribution in [0, 0.1) is 0 Å². The van der Waals surface area contributed by atoms with Gasteiger partial charge in [-0.15, -0.1) is 0 Å². The van der Waals surface area contributed by atoms with Gasteiger partial charge in [-0.1, -0.05) is 35.5 Å². The molecule has 2 aromatic heterocycles. The summed E-state index contributed by atoms with van der Waals surface area (Å²) in [6.07, 6.45) is 0. The summed E-state index contributed by atoms with van der Waals surface area (Å²) in [5.41, 5.74) is 2.54. The number of halogens is 1. The van der Waals surface area contributed by atoms with Crippen molar-refractivity contribution in [2.24, 2.45) is 0 Å². The molecule has 0 fully saturated rings. The first kappa shape index (κ1) is 18.9. The van der Waals surface area contributed by atoms with Gasteiger partial charge in [0.15, 0.2) is 5.16 Å². The highest BCUT2D eigenvalue weighted by Crippen LogP contribution is 2.33. The Bertz CT molecular complexity index is 1220. The van der Waals surface area contributed by atoms with E-state index < -0.39 is 5.63 Å². The summed E-state index contributed by atoms with van der Waals surface area (Å²) < 4.78 is 12.5. The zero-order valence-electron chi connectivity index (χ0n) is 15.0. The maximum atomic E-state index is 11.9. The second-order valence-corrected chi connectivity index (χ2v) is 7.56. The number of fused-ring (bicyclic) bond motifs is 2. The van der Waals surface area contributed by atoms with Crippen LogP contribution in [0.1, 0.15) is 5.56 Å². The number of aromatic nitrogens is 2. The molecule has 4 rings (SSSR count). The van der Waals surface area contributed by atoms with Crippen LogP contribution in [0.15, 0.2) is 56.8 Å². The van der Waals surface area contributed by atoms with Crippen LogP contribution in [-0.4, -0.2) is 28.4 Å². The molecular weight excluding hydrogens is 400 g/mol. The Morgan fingerprint density at radius 1 is 1.29 bits per heavy atom. The van der Waals surface area contributed by atoms with E-state index in [-0.39, 0.29) is 10.8 Å². The summed E-state index contributed by atoms with van der Waals surface area (Å²) in [7, 11) is 1.67. The van der Waals surface area contributed by atoms with Crippen LogP contribution >= 0.6 is 23.4 Å². The molecule has 2 aromatic carbocycles. The van der Waals surface area contributed by atoms with Gasteiger partial charge >= 0.3 is 5.63 Å². The molecule has 0 aliphatic carbocycles. The number of hydrogen-bond donors (Lipinski definition) is 1. The third-order valence-corrected chi connectivity index (χ3v) is 5.72. The number of benzene rings is 2. The molecule has 28 heavy (non-hydrogen) atoms. The number of phenolic OH excluding ortho intramolecular Hbond substituents is 1. The Hall–Kier alpha value is -2.48. The number of nitrogens with zero attached hydrogens (tertiary/aromatic N) is 2. The van der Waals surface area contributed by atoms with E-state index in [2.05, 4.69) is 4.57 Å². The number of para-hydroxylation sites is 2. The summed E-state index contributed by atoms with van der Waals surface area (Å²) in [4.78, 5) is 16.7. The molecule has 144 valence electrons. The van der Waals surface area contributed by atoms with Gasteiger partial charge in [0, 0.05) is 36.9 Å². The second kappa shape index (κ2) is 7.87. The molecule has 0 aliphatic rings. The molecule has 1 N–H and O–H groups in total. The molecule has 8 heteroatoms. The first-order chi connectivity index (χ1) is 13.6. The fourth-order valence-electron chi connectivity index (χ4n) is 3.06. The Labute approximate surface area is 169 Å². The lowest BCUT2D eigenvalue weighted by molar-refractivity contribution is 0.186. The molecular formula is C20H17ClN2O4S. The van der Waals surface area contributed by atoms with Crippen molar-refractivity contribution in [1.82, 2.24) is 9.55 Å². The van der Waals surface area contributed by atoms with E-state index >= 15 is 0 Å². The van der Waals surface area contributed by atoms with Crippen molar-refractivity contribution in [3.8, 4) is 5.75 Å². The average molecular weight is 417 g/mol. The second-order valence-electron chi connectivity index (χ2n) is 6.21. The van der Waals surface area contributed by atoms with Gasteiger partial charge in [-0.2, -0.15) is 0 Å². The lowest BCUT2D eigenvalue weighted by Crippen LogP contribution is -2.06. The highest BCUT2D eigenvalue weighted by Gasteiger charge is 2.14. The highest BCUT2D eigenvalue weighted by atomic mass is 35.5. The SMILES string of the molecule is COCCn1c(SCc2cc(=O)oc3cc(O)c(Cl)cc23)nc2ccccc21. The molecule has 4 aromatic rings.